The van der Waals surface area contributed by atoms with Gasteiger partial charge in [0.25, 0.3) is 0 Å². The molecule has 2 aliphatic rings. The molecule has 1 aromatic carbocycles. The number of hydrogen-bond donors (Lipinski definition) is 0. The summed E-state index contributed by atoms with van der Waals surface area (Å²) in [7, 11) is 0. The van der Waals surface area contributed by atoms with Gasteiger partial charge in [-0.05, 0) is 49.4 Å². The highest BCUT2D eigenvalue weighted by atomic mass is 16.5. The molecule has 0 fully saturated rings. The Morgan fingerprint density at radius 1 is 0.923 bits per heavy atom. The van der Waals surface area contributed by atoms with E-state index in [9.17, 15) is 0 Å². The minimum absolute atomic E-state index is 0.764. The van der Waals surface area contributed by atoms with Gasteiger partial charge in [-0.2, -0.15) is 0 Å². The molecule has 0 N–H and O–H groups in total. The number of aromatic nitrogens is 2. The minimum Gasteiger partial charge on any atom is -0.491 e. The van der Waals surface area contributed by atoms with E-state index in [-0.39, 0.29) is 0 Å². The van der Waals surface area contributed by atoms with Crippen LogP contribution in [0, 0.1) is 13.8 Å². The van der Waals surface area contributed by atoms with Gasteiger partial charge in [-0.25, -0.2) is 9.97 Å². The molecule has 4 nitrogen and oxygen atoms in total. The molecule has 26 heavy (non-hydrogen) atoms. The standard InChI is InChI=1S/C22H21N3O/c1-14-9-17-11-18-10-15(2)13-24-22(18)25(21(17)23-12-14)19-7-3-5-16-6-4-8-26-20(16)19/h3,5,7,9-10,12-13H,4,6,8,11H2,1-2H3. The van der Waals surface area contributed by atoms with Crippen LogP contribution in [0.1, 0.15) is 34.2 Å². The van der Waals surface area contributed by atoms with Crippen LogP contribution in [0.4, 0.5) is 17.3 Å². The lowest BCUT2D eigenvalue weighted by atomic mass is 9.97. The van der Waals surface area contributed by atoms with E-state index in [0.29, 0.717) is 0 Å². The first kappa shape index (κ1) is 15.4. The summed E-state index contributed by atoms with van der Waals surface area (Å²) in [6.45, 7) is 4.95. The van der Waals surface area contributed by atoms with Crippen LogP contribution < -0.4 is 9.64 Å². The van der Waals surface area contributed by atoms with Crippen LogP contribution in [0.25, 0.3) is 0 Å². The van der Waals surface area contributed by atoms with Gasteiger partial charge in [0.1, 0.15) is 17.4 Å². The third kappa shape index (κ3) is 2.37. The molecule has 0 radical (unpaired) electrons. The second kappa shape index (κ2) is 5.84. The first-order valence-electron chi connectivity index (χ1n) is 9.16. The monoisotopic (exact) mass is 343 g/mol. The van der Waals surface area contributed by atoms with Crippen LogP contribution in [-0.2, 0) is 12.8 Å². The number of para-hydroxylation sites is 1. The summed E-state index contributed by atoms with van der Waals surface area (Å²) in [4.78, 5) is 11.7. The molecule has 2 aliphatic heterocycles. The van der Waals surface area contributed by atoms with E-state index in [1.54, 1.807) is 0 Å². The third-order valence-electron chi connectivity index (χ3n) is 5.12. The van der Waals surface area contributed by atoms with Gasteiger partial charge in [0.15, 0.2) is 0 Å². The zero-order valence-corrected chi connectivity index (χ0v) is 15.1. The van der Waals surface area contributed by atoms with Crippen molar-refractivity contribution in [2.45, 2.75) is 33.1 Å². The summed E-state index contributed by atoms with van der Waals surface area (Å²) < 4.78 is 6.09. The molecular weight excluding hydrogens is 322 g/mol. The predicted molar refractivity (Wildman–Crippen MR) is 103 cm³/mol. The lowest BCUT2D eigenvalue weighted by Gasteiger charge is -2.33. The number of nitrogens with zero attached hydrogens (tertiary/aromatic N) is 3. The normalized spacial score (nSPS) is 14.9. The number of hydrogen-bond acceptors (Lipinski definition) is 4. The van der Waals surface area contributed by atoms with E-state index < -0.39 is 0 Å². The Labute approximate surface area is 153 Å². The van der Waals surface area contributed by atoms with Gasteiger partial charge in [-0.1, -0.05) is 24.3 Å². The van der Waals surface area contributed by atoms with Gasteiger partial charge < -0.3 is 4.74 Å². The Balaban J connectivity index is 1.77. The summed E-state index contributed by atoms with van der Waals surface area (Å²) in [5.74, 6) is 2.89. The first-order valence-corrected chi connectivity index (χ1v) is 9.16. The zero-order valence-electron chi connectivity index (χ0n) is 15.1. The van der Waals surface area contributed by atoms with Gasteiger partial charge in [-0.15, -0.1) is 0 Å². The minimum atomic E-state index is 0.764. The molecule has 0 aliphatic carbocycles. The molecule has 0 amide bonds. The predicted octanol–water partition coefficient (Wildman–Crippen LogP) is 4.79. The lowest BCUT2D eigenvalue weighted by Crippen LogP contribution is -2.23. The fraction of sp³-hybridized carbons (Fsp3) is 0.273. The number of rotatable bonds is 1. The smallest absolute Gasteiger partial charge is 0.146 e. The summed E-state index contributed by atoms with van der Waals surface area (Å²) in [6, 6.07) is 10.9. The van der Waals surface area contributed by atoms with Crippen LogP contribution in [-0.4, -0.2) is 16.6 Å². The van der Waals surface area contributed by atoms with Gasteiger partial charge >= 0.3 is 0 Å². The van der Waals surface area contributed by atoms with Crippen molar-refractivity contribution in [2.75, 3.05) is 11.5 Å². The summed E-state index contributed by atoms with van der Waals surface area (Å²) in [5, 5.41) is 0. The van der Waals surface area contributed by atoms with E-state index in [2.05, 4.69) is 49.1 Å². The molecule has 0 saturated carbocycles. The summed E-state index contributed by atoms with van der Waals surface area (Å²) in [6.07, 6.45) is 6.85. The maximum absolute atomic E-state index is 6.09. The fourth-order valence-electron chi connectivity index (χ4n) is 3.99. The second-order valence-corrected chi connectivity index (χ2v) is 7.22. The van der Waals surface area contributed by atoms with Gasteiger partial charge in [0.05, 0.1) is 12.3 Å². The van der Waals surface area contributed by atoms with Crippen LogP contribution in [0.2, 0.25) is 0 Å². The molecule has 0 atom stereocenters. The number of anilines is 3. The van der Waals surface area contributed by atoms with Gasteiger partial charge in [0.2, 0.25) is 0 Å². The molecule has 0 spiro atoms. The lowest BCUT2D eigenvalue weighted by molar-refractivity contribution is 0.289. The highest BCUT2D eigenvalue weighted by molar-refractivity contribution is 5.83. The molecule has 0 unspecified atom stereocenters. The molecule has 4 heterocycles. The van der Waals surface area contributed by atoms with E-state index in [1.165, 1.54) is 27.8 Å². The second-order valence-electron chi connectivity index (χ2n) is 7.22. The van der Waals surface area contributed by atoms with Gasteiger partial charge in [0, 0.05) is 29.9 Å². The van der Waals surface area contributed by atoms with E-state index in [1.807, 2.05) is 12.4 Å². The average molecular weight is 343 g/mol. The molecule has 5 rings (SSSR count). The Bertz CT molecular complexity index is 961. The van der Waals surface area contributed by atoms with Crippen molar-refractivity contribution in [1.82, 2.24) is 9.97 Å². The van der Waals surface area contributed by atoms with Crippen molar-refractivity contribution in [3.63, 3.8) is 0 Å². The maximum Gasteiger partial charge on any atom is 0.146 e. The van der Waals surface area contributed by atoms with E-state index >= 15 is 0 Å². The number of fused-ring (bicyclic) bond motifs is 3. The number of ether oxygens (including phenoxy) is 1. The molecule has 130 valence electrons. The Kier molecular flexibility index (Phi) is 3.45. The van der Waals surface area contributed by atoms with Crippen LogP contribution >= 0.6 is 0 Å². The van der Waals surface area contributed by atoms with E-state index in [0.717, 1.165) is 48.9 Å². The Morgan fingerprint density at radius 2 is 1.62 bits per heavy atom. The molecule has 2 aromatic heterocycles. The fourth-order valence-corrected chi connectivity index (χ4v) is 3.99. The average Bonchev–Trinajstić information content (AvgIpc) is 2.65. The van der Waals surface area contributed by atoms with Crippen molar-refractivity contribution in [1.29, 1.82) is 0 Å². The van der Waals surface area contributed by atoms with Crippen molar-refractivity contribution in [3.8, 4) is 5.75 Å². The number of benzene rings is 1. The zero-order chi connectivity index (χ0) is 17.7. The topological polar surface area (TPSA) is 38.2 Å². The van der Waals surface area contributed by atoms with Crippen molar-refractivity contribution in [2.24, 2.45) is 0 Å². The first-order chi connectivity index (χ1) is 12.7. The van der Waals surface area contributed by atoms with E-state index in [4.69, 9.17) is 14.7 Å². The Morgan fingerprint density at radius 3 is 2.31 bits per heavy atom. The molecule has 3 aromatic rings. The SMILES string of the molecule is Cc1cnc2c(c1)Cc1cc(C)cnc1N2c1cccc2c1OCCC2. The number of pyridine rings is 2. The van der Waals surface area contributed by atoms with Crippen molar-refractivity contribution < 1.29 is 4.74 Å². The van der Waals surface area contributed by atoms with Crippen LogP contribution in [0.15, 0.2) is 42.7 Å². The Hall–Kier alpha value is -2.88. The van der Waals surface area contributed by atoms with Crippen molar-refractivity contribution >= 4 is 17.3 Å². The quantitative estimate of drug-likeness (QED) is 0.498. The third-order valence-corrected chi connectivity index (χ3v) is 5.12. The maximum atomic E-state index is 6.09. The van der Waals surface area contributed by atoms with Crippen LogP contribution in [0.5, 0.6) is 5.75 Å². The van der Waals surface area contributed by atoms with Crippen molar-refractivity contribution in [3.05, 3.63) is 70.5 Å². The molecular formula is C22H21N3O. The summed E-state index contributed by atoms with van der Waals surface area (Å²) >= 11 is 0. The largest absolute Gasteiger partial charge is 0.491 e. The summed E-state index contributed by atoms with van der Waals surface area (Å²) in [5.41, 5.74) is 7.13. The van der Waals surface area contributed by atoms with Gasteiger partial charge in [-0.3, -0.25) is 4.90 Å². The highest BCUT2D eigenvalue weighted by Crippen LogP contribution is 2.46. The highest BCUT2D eigenvalue weighted by Gasteiger charge is 2.30. The number of aryl methyl sites for hydroxylation is 3. The molecule has 4 heteroatoms. The molecule has 0 bridgehead atoms. The van der Waals surface area contributed by atoms with Crippen LogP contribution in [0.3, 0.4) is 0 Å². The molecule has 0 saturated heterocycles.